The summed E-state index contributed by atoms with van der Waals surface area (Å²) in [7, 11) is -2.17. The van der Waals surface area contributed by atoms with E-state index in [0.717, 1.165) is 0 Å². The van der Waals surface area contributed by atoms with E-state index in [1.54, 1.807) is 0 Å². The second-order valence-electron chi connectivity index (χ2n) is 3.62. The van der Waals surface area contributed by atoms with Crippen LogP contribution in [0.25, 0.3) is 0 Å². The predicted octanol–water partition coefficient (Wildman–Crippen LogP) is -0.718. The summed E-state index contributed by atoms with van der Waals surface area (Å²) >= 11 is 0. The average Bonchev–Trinajstić information content (AvgIpc) is 2.90. The zero-order chi connectivity index (χ0) is 16.0. The topological polar surface area (TPSA) is 117 Å². The minimum absolute atomic E-state index is 1.32. The first-order valence-electron chi connectivity index (χ1n) is 5.81. The van der Waals surface area contributed by atoms with Crippen LogP contribution in [0, 0.1) is 0 Å². The molecular formula is C9H18BF2NO7. The van der Waals surface area contributed by atoms with E-state index < -0.39 is 19.3 Å². The summed E-state index contributed by atoms with van der Waals surface area (Å²) in [5.41, 5.74) is 0. The molecule has 0 amide bonds. The van der Waals surface area contributed by atoms with Gasteiger partial charge in [0.2, 0.25) is 0 Å². The van der Waals surface area contributed by atoms with Crippen LogP contribution in [-0.2, 0) is 19.5 Å². The van der Waals surface area contributed by atoms with Gasteiger partial charge in [0.1, 0.15) is 0 Å². The van der Waals surface area contributed by atoms with Crippen molar-refractivity contribution in [2.24, 2.45) is 0 Å². The Kier molecular flexibility index (Phi) is 14.8. The van der Waals surface area contributed by atoms with Crippen LogP contribution in [0.5, 0.6) is 0 Å². The molecule has 0 unspecified atom stereocenters. The third-order valence-electron chi connectivity index (χ3n) is 2.05. The Hall–Kier alpha value is -1.30. The van der Waals surface area contributed by atoms with Gasteiger partial charge in [-0.15, -0.1) is 0 Å². The molecule has 1 rings (SSSR count). The zero-order valence-electron chi connectivity index (χ0n) is 11.0. The van der Waals surface area contributed by atoms with Gasteiger partial charge in [-0.25, -0.2) is 19.5 Å². The highest BCUT2D eigenvalue weighted by Crippen LogP contribution is 2.06. The first-order chi connectivity index (χ1) is 9.38. The van der Waals surface area contributed by atoms with Crippen molar-refractivity contribution in [3.63, 3.8) is 0 Å². The fourth-order valence-corrected chi connectivity index (χ4v) is 1.39. The van der Waals surface area contributed by atoms with E-state index in [-0.39, 0.29) is 0 Å². The van der Waals surface area contributed by atoms with Crippen LogP contribution >= 0.6 is 0 Å². The van der Waals surface area contributed by atoms with Crippen molar-refractivity contribution >= 4 is 19.3 Å². The molecule has 20 heavy (non-hydrogen) atoms. The maximum atomic E-state index is 10.5. The second kappa shape index (κ2) is 14.1. The maximum absolute atomic E-state index is 10.5. The van der Waals surface area contributed by atoms with Gasteiger partial charge in [0.25, 0.3) is 0 Å². The van der Waals surface area contributed by atoms with E-state index in [0.29, 0.717) is 0 Å². The van der Waals surface area contributed by atoms with Crippen molar-refractivity contribution in [1.82, 2.24) is 4.90 Å². The summed E-state index contributed by atoms with van der Waals surface area (Å²) in [6.07, 6.45) is 4.18. The summed E-state index contributed by atoms with van der Waals surface area (Å²) in [4.78, 5) is 25.9. The fraction of sp³-hybridized carbons (Fsp3) is 0.778. The summed E-state index contributed by atoms with van der Waals surface area (Å²) in [6.45, 7) is 6.28. The molecule has 0 radical (unpaired) electrons. The van der Waals surface area contributed by atoms with Gasteiger partial charge in [-0.1, -0.05) is 6.92 Å². The Morgan fingerprint density at radius 2 is 1.45 bits per heavy atom. The van der Waals surface area contributed by atoms with Crippen molar-refractivity contribution in [2.75, 3.05) is 19.6 Å². The molecule has 118 valence electrons. The molecule has 0 aromatic carbocycles. The third kappa shape index (κ3) is 14.8. The number of carbonyl (C=O) groups is 2. The molecule has 11 heteroatoms. The molecule has 1 aliphatic heterocycles. The molecule has 8 nitrogen and oxygen atoms in total. The Labute approximate surface area is 114 Å². The Morgan fingerprint density at radius 3 is 1.70 bits per heavy atom. The maximum Gasteiger partial charge on any atom is 0.631 e. The molecular weight excluding hydrogens is 283 g/mol. The number of hydrogen-bond acceptors (Lipinski definition) is 8. The van der Waals surface area contributed by atoms with Crippen molar-refractivity contribution in [1.29, 1.82) is 0 Å². The van der Waals surface area contributed by atoms with Gasteiger partial charge in [-0.3, -0.25) is 0 Å². The largest absolute Gasteiger partial charge is 0.631 e. The lowest BCUT2D eigenvalue weighted by Crippen LogP contribution is -2.19. The van der Waals surface area contributed by atoms with Crippen LogP contribution in [0.1, 0.15) is 26.2 Å². The molecule has 0 aromatic rings. The van der Waals surface area contributed by atoms with Gasteiger partial charge in [0.15, 0.2) is 0 Å². The van der Waals surface area contributed by atoms with Gasteiger partial charge in [0.05, 0.1) is 0 Å². The smallest absolute Gasteiger partial charge is 0.402 e. The Balaban J connectivity index is 0. The van der Waals surface area contributed by atoms with E-state index in [9.17, 15) is 18.6 Å². The third-order valence-corrected chi connectivity index (χ3v) is 2.05. The minimum Gasteiger partial charge on any atom is -0.402 e. The molecule has 3 N–H and O–H groups in total. The van der Waals surface area contributed by atoms with Crippen LogP contribution in [0.2, 0.25) is 0 Å². The van der Waals surface area contributed by atoms with Crippen molar-refractivity contribution < 1.29 is 43.6 Å². The monoisotopic (exact) mass is 301 g/mol. The minimum atomic E-state index is -2.17. The van der Waals surface area contributed by atoms with Gasteiger partial charge >= 0.3 is 19.3 Å². The highest BCUT2D eigenvalue weighted by molar-refractivity contribution is 6.30. The van der Waals surface area contributed by atoms with E-state index in [1.807, 2.05) is 0 Å². The second-order valence-corrected chi connectivity index (χ2v) is 3.62. The van der Waals surface area contributed by atoms with Crippen LogP contribution in [0.3, 0.4) is 0 Å². The lowest BCUT2D eigenvalue weighted by Gasteiger charge is -2.11. The van der Waals surface area contributed by atoms with Crippen LogP contribution < -0.4 is 0 Å². The number of likely N-dealkylation sites (tertiary alicyclic amines) is 1. The highest BCUT2D eigenvalue weighted by atomic mass is 19.3. The zero-order valence-corrected chi connectivity index (χ0v) is 11.0. The number of rotatable bonds is 2. The summed E-state index contributed by atoms with van der Waals surface area (Å²) in [5.74, 6) is -4.04. The molecule has 0 spiro atoms. The molecule has 1 saturated heterocycles. The van der Waals surface area contributed by atoms with Crippen molar-refractivity contribution in [3.8, 4) is 0 Å². The molecule has 0 aliphatic carbocycles. The van der Waals surface area contributed by atoms with Crippen LogP contribution in [-0.4, -0.2) is 58.9 Å². The standard InChI is InChI=1S/C7H15N.C2F2O4.BH3O3/c1-2-5-8-6-3-4-7-8;3-7-1(5)2(6)8-4;2-1(3)4/h2-7H2,1H3;;2-4H. The first kappa shape index (κ1) is 21.0. The molecule has 1 fully saturated rings. The fourth-order valence-electron chi connectivity index (χ4n) is 1.39. The average molecular weight is 301 g/mol. The van der Waals surface area contributed by atoms with Gasteiger partial charge < -0.3 is 20.0 Å². The summed E-state index contributed by atoms with van der Waals surface area (Å²) in [6, 6.07) is 0. The van der Waals surface area contributed by atoms with Gasteiger partial charge in [-0.2, -0.15) is 0 Å². The lowest BCUT2D eigenvalue weighted by molar-refractivity contribution is -0.212. The van der Waals surface area contributed by atoms with Gasteiger partial charge in [-0.05, 0) is 38.9 Å². The number of hydrogen-bond donors (Lipinski definition) is 3. The van der Waals surface area contributed by atoms with E-state index in [1.165, 1.54) is 38.9 Å². The normalized spacial score (nSPS) is 13.3. The number of nitrogens with zero attached hydrogens (tertiary/aromatic N) is 1. The summed E-state index contributed by atoms with van der Waals surface area (Å²) in [5, 5.41) is 21.5. The molecule has 0 bridgehead atoms. The van der Waals surface area contributed by atoms with Crippen LogP contribution in [0.15, 0.2) is 0 Å². The first-order valence-corrected chi connectivity index (χ1v) is 5.81. The molecule has 1 heterocycles. The molecule has 0 aromatic heterocycles. The van der Waals surface area contributed by atoms with Gasteiger partial charge in [0, 0.05) is 9.05 Å². The molecule has 0 atom stereocenters. The molecule has 0 saturated carbocycles. The van der Waals surface area contributed by atoms with Crippen LogP contribution in [0.4, 0.5) is 9.05 Å². The highest BCUT2D eigenvalue weighted by Gasteiger charge is 2.18. The Morgan fingerprint density at radius 1 is 1.10 bits per heavy atom. The van der Waals surface area contributed by atoms with E-state index in [2.05, 4.69) is 21.7 Å². The van der Waals surface area contributed by atoms with E-state index in [4.69, 9.17) is 15.1 Å². The summed E-state index contributed by atoms with van der Waals surface area (Å²) < 4.78 is 21.0. The predicted molar refractivity (Wildman–Crippen MR) is 62.8 cm³/mol. The van der Waals surface area contributed by atoms with Crippen molar-refractivity contribution in [2.45, 2.75) is 26.2 Å². The SMILES string of the molecule is CCCN1CCCC1.O=C(OF)C(=O)OF.OB(O)O. The van der Waals surface area contributed by atoms with E-state index >= 15 is 0 Å². The lowest BCUT2D eigenvalue weighted by atomic mass is 10.3. The number of halogens is 2. The number of carbonyl (C=O) groups excluding carboxylic acids is 2. The van der Waals surface area contributed by atoms with Crippen molar-refractivity contribution in [3.05, 3.63) is 0 Å². The Bertz CT molecular complexity index is 248. The molecule has 1 aliphatic rings. The quantitative estimate of drug-likeness (QED) is 0.452.